The molecule has 0 aromatic carbocycles. The maximum atomic E-state index is 11.9. The summed E-state index contributed by atoms with van der Waals surface area (Å²) in [4.78, 5) is 16.5. The molecule has 0 saturated carbocycles. The average molecular weight is 249 g/mol. The van der Waals surface area contributed by atoms with Gasteiger partial charge in [-0.1, -0.05) is 13.8 Å². The third kappa shape index (κ3) is 2.92. The van der Waals surface area contributed by atoms with Crippen LogP contribution in [0.5, 0.6) is 0 Å². The Morgan fingerprint density at radius 1 is 1.39 bits per heavy atom. The van der Waals surface area contributed by atoms with Gasteiger partial charge in [-0.2, -0.15) is 0 Å². The fourth-order valence-electron chi connectivity index (χ4n) is 2.46. The zero-order valence-corrected chi connectivity index (χ0v) is 11.6. The van der Waals surface area contributed by atoms with Gasteiger partial charge in [-0.3, -0.25) is 4.79 Å². The van der Waals surface area contributed by atoms with Crippen molar-refractivity contribution < 1.29 is 4.79 Å². The monoisotopic (exact) mass is 249 g/mol. The molecule has 1 aromatic rings. The minimum atomic E-state index is 0.0950. The zero-order chi connectivity index (χ0) is 13.1. The lowest BCUT2D eigenvalue weighted by Crippen LogP contribution is -2.31. The van der Waals surface area contributed by atoms with E-state index >= 15 is 0 Å². The van der Waals surface area contributed by atoms with Crippen molar-refractivity contribution in [3.63, 3.8) is 0 Å². The standard InChI is InChI=1S/C14H23N3O/c1-10(2)8-15-14(18)9-17-11(3)16-12-6-4-5-7-13(12)17/h10H,4-9H2,1-3H3,(H,15,18). The maximum Gasteiger partial charge on any atom is 0.240 e. The molecule has 1 amide bonds. The van der Waals surface area contributed by atoms with Crippen LogP contribution < -0.4 is 5.32 Å². The summed E-state index contributed by atoms with van der Waals surface area (Å²) < 4.78 is 2.09. The van der Waals surface area contributed by atoms with E-state index in [4.69, 9.17) is 0 Å². The van der Waals surface area contributed by atoms with Crippen LogP contribution in [0.2, 0.25) is 0 Å². The molecule has 0 radical (unpaired) electrons. The van der Waals surface area contributed by atoms with Crippen molar-refractivity contribution in [3.8, 4) is 0 Å². The van der Waals surface area contributed by atoms with Crippen LogP contribution in [0.25, 0.3) is 0 Å². The number of nitrogens with one attached hydrogen (secondary N) is 1. The lowest BCUT2D eigenvalue weighted by Gasteiger charge is -2.15. The van der Waals surface area contributed by atoms with Gasteiger partial charge in [0.15, 0.2) is 0 Å². The average Bonchev–Trinajstić information content (AvgIpc) is 2.64. The highest BCUT2D eigenvalue weighted by atomic mass is 16.1. The lowest BCUT2D eigenvalue weighted by molar-refractivity contribution is -0.121. The number of imidazole rings is 1. The smallest absolute Gasteiger partial charge is 0.240 e. The third-order valence-electron chi connectivity index (χ3n) is 3.43. The summed E-state index contributed by atoms with van der Waals surface area (Å²) in [6.07, 6.45) is 4.57. The van der Waals surface area contributed by atoms with E-state index in [1.807, 2.05) is 6.92 Å². The molecule has 1 aliphatic carbocycles. The topological polar surface area (TPSA) is 46.9 Å². The Kier molecular flexibility index (Phi) is 4.04. The minimum Gasteiger partial charge on any atom is -0.354 e. The molecule has 0 unspecified atom stereocenters. The summed E-state index contributed by atoms with van der Waals surface area (Å²) in [6, 6.07) is 0. The fraction of sp³-hybridized carbons (Fsp3) is 0.714. The van der Waals surface area contributed by atoms with Gasteiger partial charge in [-0.15, -0.1) is 0 Å². The van der Waals surface area contributed by atoms with Crippen molar-refractivity contribution in [2.45, 2.75) is 53.0 Å². The Balaban J connectivity index is 2.04. The normalized spacial score (nSPS) is 14.7. The maximum absolute atomic E-state index is 11.9. The molecular weight excluding hydrogens is 226 g/mol. The molecule has 18 heavy (non-hydrogen) atoms. The molecule has 0 saturated heterocycles. The number of hydrogen-bond donors (Lipinski definition) is 1. The summed E-state index contributed by atoms with van der Waals surface area (Å²) in [7, 11) is 0. The molecule has 0 spiro atoms. The number of amides is 1. The van der Waals surface area contributed by atoms with Gasteiger partial charge in [0, 0.05) is 12.2 Å². The van der Waals surface area contributed by atoms with Crippen LogP contribution in [0.1, 0.15) is 43.9 Å². The molecule has 4 nitrogen and oxygen atoms in total. The van der Waals surface area contributed by atoms with Crippen LogP contribution in [0, 0.1) is 12.8 Å². The predicted octanol–water partition coefficient (Wildman–Crippen LogP) is 1.84. The summed E-state index contributed by atoms with van der Waals surface area (Å²) in [5, 5.41) is 2.97. The van der Waals surface area contributed by atoms with Crippen molar-refractivity contribution in [3.05, 3.63) is 17.2 Å². The lowest BCUT2D eigenvalue weighted by atomic mass is 10.0. The van der Waals surface area contributed by atoms with Gasteiger partial charge in [-0.25, -0.2) is 4.98 Å². The van der Waals surface area contributed by atoms with E-state index in [1.54, 1.807) is 0 Å². The highest BCUT2D eigenvalue weighted by Gasteiger charge is 2.19. The Morgan fingerprint density at radius 2 is 2.11 bits per heavy atom. The van der Waals surface area contributed by atoms with E-state index in [0.717, 1.165) is 25.2 Å². The van der Waals surface area contributed by atoms with Crippen molar-refractivity contribution >= 4 is 5.91 Å². The number of nitrogens with zero attached hydrogens (tertiary/aromatic N) is 2. The Bertz CT molecular complexity index is 434. The first-order valence-electron chi connectivity index (χ1n) is 6.89. The molecule has 0 fully saturated rings. The van der Waals surface area contributed by atoms with Crippen molar-refractivity contribution in [2.75, 3.05) is 6.54 Å². The van der Waals surface area contributed by atoms with Crippen LogP contribution in [0.15, 0.2) is 0 Å². The zero-order valence-electron chi connectivity index (χ0n) is 11.6. The second-order valence-electron chi connectivity index (χ2n) is 5.54. The van der Waals surface area contributed by atoms with Crippen LogP contribution >= 0.6 is 0 Å². The van der Waals surface area contributed by atoms with Gasteiger partial charge in [0.2, 0.25) is 5.91 Å². The largest absolute Gasteiger partial charge is 0.354 e. The Hall–Kier alpha value is -1.32. The highest BCUT2D eigenvalue weighted by Crippen LogP contribution is 2.21. The van der Waals surface area contributed by atoms with Gasteiger partial charge in [0.1, 0.15) is 12.4 Å². The van der Waals surface area contributed by atoms with Crippen molar-refractivity contribution in [1.29, 1.82) is 0 Å². The van der Waals surface area contributed by atoms with E-state index in [1.165, 1.54) is 24.2 Å². The van der Waals surface area contributed by atoms with Crippen molar-refractivity contribution in [1.82, 2.24) is 14.9 Å². The van der Waals surface area contributed by atoms with E-state index in [-0.39, 0.29) is 5.91 Å². The molecule has 1 aliphatic rings. The third-order valence-corrected chi connectivity index (χ3v) is 3.43. The summed E-state index contributed by atoms with van der Waals surface area (Å²) in [5.41, 5.74) is 2.48. The van der Waals surface area contributed by atoms with E-state index in [0.29, 0.717) is 12.5 Å². The van der Waals surface area contributed by atoms with Crippen molar-refractivity contribution in [2.24, 2.45) is 5.92 Å². The molecule has 100 valence electrons. The van der Waals surface area contributed by atoms with Gasteiger partial charge < -0.3 is 9.88 Å². The number of carbonyl (C=O) groups excluding carboxylic acids is 1. The number of aryl methyl sites for hydroxylation is 2. The number of aromatic nitrogens is 2. The second-order valence-corrected chi connectivity index (χ2v) is 5.54. The van der Waals surface area contributed by atoms with Crippen LogP contribution in [-0.4, -0.2) is 22.0 Å². The first kappa shape index (κ1) is 13.1. The molecule has 1 aromatic heterocycles. The number of rotatable bonds is 4. The fourth-order valence-corrected chi connectivity index (χ4v) is 2.46. The summed E-state index contributed by atoms with van der Waals surface area (Å²) in [5.74, 6) is 1.56. The second kappa shape index (κ2) is 5.55. The quantitative estimate of drug-likeness (QED) is 0.885. The number of hydrogen-bond acceptors (Lipinski definition) is 2. The minimum absolute atomic E-state index is 0.0950. The Morgan fingerprint density at radius 3 is 2.83 bits per heavy atom. The predicted molar refractivity (Wildman–Crippen MR) is 71.5 cm³/mol. The SMILES string of the molecule is Cc1nc2c(n1CC(=O)NCC(C)C)CCCC2. The van der Waals surface area contributed by atoms with Crippen LogP contribution in [0.3, 0.4) is 0 Å². The van der Waals surface area contributed by atoms with Gasteiger partial charge in [0.05, 0.1) is 5.69 Å². The van der Waals surface area contributed by atoms with E-state index < -0.39 is 0 Å². The molecule has 0 aliphatic heterocycles. The molecular formula is C14H23N3O. The van der Waals surface area contributed by atoms with Gasteiger partial charge in [0.25, 0.3) is 0 Å². The molecule has 1 N–H and O–H groups in total. The van der Waals surface area contributed by atoms with Crippen LogP contribution in [0.4, 0.5) is 0 Å². The van der Waals surface area contributed by atoms with E-state index in [2.05, 4.69) is 28.7 Å². The first-order valence-corrected chi connectivity index (χ1v) is 6.89. The highest BCUT2D eigenvalue weighted by molar-refractivity contribution is 5.75. The first-order chi connectivity index (χ1) is 8.58. The summed E-state index contributed by atoms with van der Waals surface area (Å²) >= 11 is 0. The number of fused-ring (bicyclic) bond motifs is 1. The molecule has 0 bridgehead atoms. The molecule has 1 heterocycles. The number of carbonyl (C=O) groups is 1. The molecule has 4 heteroatoms. The van der Waals surface area contributed by atoms with Gasteiger partial charge >= 0.3 is 0 Å². The van der Waals surface area contributed by atoms with Crippen LogP contribution in [-0.2, 0) is 24.2 Å². The van der Waals surface area contributed by atoms with Gasteiger partial charge in [-0.05, 0) is 38.5 Å². The molecule has 2 rings (SSSR count). The molecule has 0 atom stereocenters. The summed E-state index contributed by atoms with van der Waals surface area (Å²) in [6.45, 7) is 7.36. The Labute approximate surface area is 109 Å². The van der Waals surface area contributed by atoms with E-state index in [9.17, 15) is 4.79 Å².